The molecule has 0 saturated carbocycles. The molecular formula is C16H17NO3. The van der Waals surface area contributed by atoms with Gasteiger partial charge < -0.3 is 15.1 Å². The summed E-state index contributed by atoms with van der Waals surface area (Å²) in [6.45, 7) is 0. The molecule has 0 heterocycles. The molecular weight excluding hydrogens is 254 g/mol. The highest BCUT2D eigenvalue weighted by Crippen LogP contribution is 2.31. The number of carbonyl (C=O) groups is 1. The van der Waals surface area contributed by atoms with Gasteiger partial charge in [-0.1, -0.05) is 42.5 Å². The Bertz CT molecular complexity index is 608. The first-order valence-corrected chi connectivity index (χ1v) is 6.28. The molecule has 0 aromatic heterocycles. The number of carboxylic acid groups (broad SMARTS) is 1. The molecule has 4 heteroatoms. The first-order valence-electron chi connectivity index (χ1n) is 6.28. The predicted octanol–water partition coefficient (Wildman–Crippen LogP) is 2.54. The van der Waals surface area contributed by atoms with E-state index in [1.807, 2.05) is 56.6 Å². The van der Waals surface area contributed by atoms with Crippen LogP contribution in [0.3, 0.4) is 0 Å². The SMILES string of the molecule is CN(C)c1cc(-c2ccccc2)ccc1C(O)C(=O)O. The molecule has 4 nitrogen and oxygen atoms in total. The zero-order chi connectivity index (χ0) is 14.7. The Morgan fingerprint density at radius 1 is 1.05 bits per heavy atom. The highest BCUT2D eigenvalue weighted by molar-refractivity contribution is 5.79. The van der Waals surface area contributed by atoms with Crippen LogP contribution in [0.1, 0.15) is 11.7 Å². The second-order valence-corrected chi connectivity index (χ2v) is 4.77. The average Bonchev–Trinajstić information content (AvgIpc) is 2.46. The number of rotatable bonds is 4. The summed E-state index contributed by atoms with van der Waals surface area (Å²) in [6.07, 6.45) is -1.52. The van der Waals surface area contributed by atoms with Crippen molar-refractivity contribution in [3.63, 3.8) is 0 Å². The predicted molar refractivity (Wildman–Crippen MR) is 78.8 cm³/mol. The summed E-state index contributed by atoms with van der Waals surface area (Å²) in [5.74, 6) is -1.25. The third-order valence-corrected chi connectivity index (χ3v) is 3.15. The lowest BCUT2D eigenvalue weighted by Crippen LogP contribution is -2.17. The number of hydrogen-bond acceptors (Lipinski definition) is 3. The number of carboxylic acids is 1. The Balaban J connectivity index is 2.51. The van der Waals surface area contributed by atoms with Crippen LogP contribution in [0, 0.1) is 0 Å². The monoisotopic (exact) mass is 271 g/mol. The van der Waals surface area contributed by atoms with Crippen molar-refractivity contribution in [2.75, 3.05) is 19.0 Å². The quantitative estimate of drug-likeness (QED) is 0.897. The molecule has 104 valence electrons. The van der Waals surface area contributed by atoms with E-state index in [0.717, 1.165) is 11.1 Å². The van der Waals surface area contributed by atoms with Crippen molar-refractivity contribution in [1.82, 2.24) is 0 Å². The molecule has 0 fully saturated rings. The number of anilines is 1. The first-order chi connectivity index (χ1) is 9.50. The van der Waals surface area contributed by atoms with Crippen LogP contribution >= 0.6 is 0 Å². The first kappa shape index (κ1) is 14.1. The van der Waals surface area contributed by atoms with Crippen molar-refractivity contribution in [2.45, 2.75) is 6.10 Å². The average molecular weight is 271 g/mol. The van der Waals surface area contributed by atoms with Gasteiger partial charge >= 0.3 is 5.97 Å². The van der Waals surface area contributed by atoms with Crippen LogP contribution < -0.4 is 4.90 Å². The molecule has 0 aliphatic carbocycles. The topological polar surface area (TPSA) is 60.8 Å². The second kappa shape index (κ2) is 5.75. The van der Waals surface area contributed by atoms with Gasteiger partial charge in [-0.15, -0.1) is 0 Å². The number of hydrogen-bond donors (Lipinski definition) is 2. The summed E-state index contributed by atoms with van der Waals surface area (Å²) < 4.78 is 0. The fraction of sp³-hybridized carbons (Fsp3) is 0.188. The minimum absolute atomic E-state index is 0.391. The molecule has 0 aliphatic rings. The van der Waals surface area contributed by atoms with E-state index >= 15 is 0 Å². The molecule has 0 saturated heterocycles. The van der Waals surface area contributed by atoms with Gasteiger partial charge in [-0.3, -0.25) is 0 Å². The summed E-state index contributed by atoms with van der Waals surface area (Å²) in [5, 5.41) is 18.7. The van der Waals surface area contributed by atoms with Crippen LogP contribution in [0.15, 0.2) is 48.5 Å². The molecule has 2 N–H and O–H groups in total. The van der Waals surface area contributed by atoms with Crippen molar-refractivity contribution in [2.24, 2.45) is 0 Å². The Kier molecular flexibility index (Phi) is 4.05. The van der Waals surface area contributed by atoms with Crippen molar-refractivity contribution in [1.29, 1.82) is 0 Å². The molecule has 0 spiro atoms. The number of benzene rings is 2. The Hall–Kier alpha value is -2.33. The lowest BCUT2D eigenvalue weighted by Gasteiger charge is -2.20. The normalized spacial score (nSPS) is 11.9. The minimum Gasteiger partial charge on any atom is -0.479 e. The van der Waals surface area contributed by atoms with E-state index < -0.39 is 12.1 Å². The Labute approximate surface area is 117 Å². The molecule has 0 bridgehead atoms. The summed E-state index contributed by atoms with van der Waals surface area (Å²) in [6, 6.07) is 15.2. The van der Waals surface area contributed by atoms with Gasteiger partial charge in [0.05, 0.1) is 0 Å². The zero-order valence-electron chi connectivity index (χ0n) is 11.4. The molecule has 0 amide bonds. The van der Waals surface area contributed by atoms with E-state index in [0.29, 0.717) is 11.3 Å². The number of nitrogens with zero attached hydrogens (tertiary/aromatic N) is 1. The van der Waals surface area contributed by atoms with E-state index in [2.05, 4.69) is 0 Å². The molecule has 0 radical (unpaired) electrons. The Morgan fingerprint density at radius 2 is 1.70 bits per heavy atom. The molecule has 0 aliphatic heterocycles. The van der Waals surface area contributed by atoms with Crippen LogP contribution in [0.2, 0.25) is 0 Å². The van der Waals surface area contributed by atoms with Crippen LogP contribution in [-0.2, 0) is 4.79 Å². The van der Waals surface area contributed by atoms with Gasteiger partial charge in [0.2, 0.25) is 0 Å². The lowest BCUT2D eigenvalue weighted by molar-refractivity contribution is -0.146. The molecule has 2 aromatic carbocycles. The van der Waals surface area contributed by atoms with E-state index in [1.165, 1.54) is 0 Å². The minimum atomic E-state index is -1.52. The van der Waals surface area contributed by atoms with Gasteiger partial charge in [0.25, 0.3) is 0 Å². The summed E-state index contributed by atoms with van der Waals surface area (Å²) in [5.41, 5.74) is 3.12. The maximum Gasteiger partial charge on any atom is 0.337 e. The van der Waals surface area contributed by atoms with Crippen molar-refractivity contribution >= 4 is 11.7 Å². The van der Waals surface area contributed by atoms with E-state index in [1.54, 1.807) is 11.0 Å². The maximum absolute atomic E-state index is 11.0. The third kappa shape index (κ3) is 2.81. The van der Waals surface area contributed by atoms with E-state index in [9.17, 15) is 9.90 Å². The van der Waals surface area contributed by atoms with Crippen molar-refractivity contribution in [3.05, 3.63) is 54.1 Å². The standard InChI is InChI=1S/C16H17NO3/c1-17(2)14-10-12(11-6-4-3-5-7-11)8-9-13(14)15(18)16(19)20/h3-10,15,18H,1-2H3,(H,19,20). The van der Waals surface area contributed by atoms with Crippen LogP contribution in [0.25, 0.3) is 11.1 Å². The fourth-order valence-electron chi connectivity index (χ4n) is 2.11. The van der Waals surface area contributed by atoms with Crippen LogP contribution in [0.5, 0.6) is 0 Å². The van der Waals surface area contributed by atoms with Gasteiger partial charge in [0.1, 0.15) is 0 Å². The summed E-state index contributed by atoms with van der Waals surface area (Å²) in [4.78, 5) is 12.8. The van der Waals surface area contributed by atoms with Gasteiger partial charge in [-0.25, -0.2) is 4.79 Å². The fourth-order valence-corrected chi connectivity index (χ4v) is 2.11. The summed E-state index contributed by atoms with van der Waals surface area (Å²) in [7, 11) is 3.64. The molecule has 1 atom stereocenters. The second-order valence-electron chi connectivity index (χ2n) is 4.77. The van der Waals surface area contributed by atoms with Crippen LogP contribution in [-0.4, -0.2) is 30.3 Å². The summed E-state index contributed by atoms with van der Waals surface area (Å²) >= 11 is 0. The zero-order valence-corrected chi connectivity index (χ0v) is 11.4. The third-order valence-electron chi connectivity index (χ3n) is 3.15. The molecule has 20 heavy (non-hydrogen) atoms. The van der Waals surface area contributed by atoms with E-state index in [4.69, 9.17) is 5.11 Å². The number of aliphatic hydroxyl groups excluding tert-OH is 1. The van der Waals surface area contributed by atoms with E-state index in [-0.39, 0.29) is 0 Å². The highest BCUT2D eigenvalue weighted by atomic mass is 16.4. The molecule has 2 aromatic rings. The van der Waals surface area contributed by atoms with Crippen molar-refractivity contribution in [3.8, 4) is 11.1 Å². The highest BCUT2D eigenvalue weighted by Gasteiger charge is 2.20. The molecule has 2 rings (SSSR count). The Morgan fingerprint density at radius 3 is 2.25 bits per heavy atom. The van der Waals surface area contributed by atoms with Gasteiger partial charge in [-0.05, 0) is 17.2 Å². The number of aliphatic carboxylic acids is 1. The van der Waals surface area contributed by atoms with Gasteiger partial charge in [-0.2, -0.15) is 0 Å². The maximum atomic E-state index is 11.0. The smallest absolute Gasteiger partial charge is 0.337 e. The largest absolute Gasteiger partial charge is 0.479 e. The van der Waals surface area contributed by atoms with Crippen molar-refractivity contribution < 1.29 is 15.0 Å². The van der Waals surface area contributed by atoms with Gasteiger partial charge in [0, 0.05) is 25.3 Å². The van der Waals surface area contributed by atoms with Gasteiger partial charge in [0.15, 0.2) is 6.10 Å². The number of aliphatic hydroxyl groups is 1. The lowest BCUT2D eigenvalue weighted by atomic mass is 9.99. The van der Waals surface area contributed by atoms with Crippen LogP contribution in [0.4, 0.5) is 5.69 Å². The molecule has 1 unspecified atom stereocenters.